The molecular weight excluding hydrogens is 254 g/mol. The van der Waals surface area contributed by atoms with Gasteiger partial charge in [0.1, 0.15) is 5.75 Å². The lowest BCUT2D eigenvalue weighted by Crippen LogP contribution is -2.68. The van der Waals surface area contributed by atoms with Crippen LogP contribution in [0.25, 0.3) is 0 Å². The zero-order chi connectivity index (χ0) is 14.6. The topological polar surface area (TPSA) is 67.6 Å². The normalized spacial score (nSPS) is 17.4. The van der Waals surface area contributed by atoms with Gasteiger partial charge in [0.05, 0.1) is 19.3 Å². The van der Waals surface area contributed by atoms with Crippen LogP contribution in [0, 0.1) is 0 Å². The van der Waals surface area contributed by atoms with E-state index in [1.165, 1.54) is 0 Å². The molecule has 1 fully saturated rings. The van der Waals surface area contributed by atoms with Crippen LogP contribution in [-0.4, -0.2) is 43.1 Å². The maximum Gasteiger partial charge on any atom is 0.238 e. The number of para-hydroxylation sites is 2. The van der Waals surface area contributed by atoms with Crippen molar-refractivity contribution in [3.63, 3.8) is 0 Å². The number of nitrogens with two attached hydrogens (primary N) is 1. The number of anilines is 1. The minimum absolute atomic E-state index is 0.0342. The fraction of sp³-hybridized carbons (Fsp3) is 0.533. The first-order chi connectivity index (χ1) is 9.56. The molecule has 110 valence electrons. The Bertz CT molecular complexity index is 470. The van der Waals surface area contributed by atoms with E-state index in [9.17, 15) is 4.79 Å². The second kappa shape index (κ2) is 6.24. The molecule has 0 aliphatic carbocycles. The van der Waals surface area contributed by atoms with Crippen LogP contribution in [0.15, 0.2) is 24.3 Å². The highest BCUT2D eigenvalue weighted by Gasteiger charge is 2.38. The predicted molar refractivity (Wildman–Crippen MR) is 79.9 cm³/mol. The van der Waals surface area contributed by atoms with Crippen molar-refractivity contribution in [3.05, 3.63) is 24.3 Å². The van der Waals surface area contributed by atoms with Gasteiger partial charge in [0.25, 0.3) is 0 Å². The molecule has 0 spiro atoms. The fourth-order valence-corrected chi connectivity index (χ4v) is 2.75. The first kappa shape index (κ1) is 14.8. The largest absolute Gasteiger partial charge is 0.495 e. The van der Waals surface area contributed by atoms with Gasteiger partial charge < -0.3 is 15.8 Å². The number of benzene rings is 1. The number of carbonyl (C=O) groups is 1. The smallest absolute Gasteiger partial charge is 0.238 e. The molecule has 5 heteroatoms. The van der Waals surface area contributed by atoms with Crippen LogP contribution < -0.4 is 15.8 Å². The first-order valence-corrected chi connectivity index (χ1v) is 7.00. The second-order valence-corrected chi connectivity index (χ2v) is 5.51. The molecule has 1 aliphatic heterocycles. The van der Waals surface area contributed by atoms with Crippen LogP contribution in [0.1, 0.15) is 19.8 Å². The summed E-state index contributed by atoms with van der Waals surface area (Å²) < 4.78 is 5.21. The minimum Gasteiger partial charge on any atom is -0.495 e. The number of carbonyl (C=O) groups excluding carboxylic acids is 1. The number of likely N-dealkylation sites (tertiary alicyclic amines) is 1. The van der Waals surface area contributed by atoms with Gasteiger partial charge in [-0.15, -0.1) is 0 Å². The number of ether oxygens (including phenoxy) is 1. The molecule has 0 radical (unpaired) electrons. The average molecular weight is 277 g/mol. The molecule has 1 heterocycles. The van der Waals surface area contributed by atoms with Crippen LogP contribution in [0.3, 0.4) is 0 Å². The molecule has 5 nitrogen and oxygen atoms in total. The molecule has 1 saturated heterocycles. The monoisotopic (exact) mass is 277 g/mol. The number of methoxy groups -OCH3 is 1. The van der Waals surface area contributed by atoms with Crippen LogP contribution >= 0.6 is 0 Å². The Labute approximate surface area is 120 Å². The van der Waals surface area contributed by atoms with Gasteiger partial charge in [0.2, 0.25) is 5.91 Å². The van der Waals surface area contributed by atoms with Gasteiger partial charge in [0, 0.05) is 18.6 Å². The van der Waals surface area contributed by atoms with E-state index in [-0.39, 0.29) is 11.4 Å². The molecule has 1 aromatic rings. The zero-order valence-electron chi connectivity index (χ0n) is 12.2. The summed E-state index contributed by atoms with van der Waals surface area (Å²) in [6.07, 6.45) is 2.09. The highest BCUT2D eigenvalue weighted by atomic mass is 16.5. The van der Waals surface area contributed by atoms with E-state index in [0.717, 1.165) is 25.9 Å². The molecule has 1 amide bonds. The summed E-state index contributed by atoms with van der Waals surface area (Å²) in [6, 6.07) is 7.40. The number of amides is 1. The van der Waals surface area contributed by atoms with E-state index in [1.807, 2.05) is 24.3 Å². The Morgan fingerprint density at radius 3 is 2.80 bits per heavy atom. The zero-order valence-corrected chi connectivity index (χ0v) is 12.2. The summed E-state index contributed by atoms with van der Waals surface area (Å²) in [6.45, 7) is 4.09. The van der Waals surface area contributed by atoms with E-state index in [4.69, 9.17) is 10.5 Å². The summed E-state index contributed by atoms with van der Waals surface area (Å²) in [4.78, 5) is 14.1. The van der Waals surface area contributed by atoms with Gasteiger partial charge in [-0.2, -0.15) is 0 Å². The van der Waals surface area contributed by atoms with Gasteiger partial charge in [-0.3, -0.25) is 9.69 Å². The van der Waals surface area contributed by atoms with E-state index in [1.54, 1.807) is 7.11 Å². The number of hydrogen-bond donors (Lipinski definition) is 2. The van der Waals surface area contributed by atoms with Gasteiger partial charge in [-0.1, -0.05) is 25.5 Å². The summed E-state index contributed by atoms with van der Waals surface area (Å²) in [7, 11) is 1.59. The minimum atomic E-state index is -0.0978. The maximum atomic E-state index is 12.0. The quantitative estimate of drug-likeness (QED) is 0.826. The number of nitrogens with one attached hydrogen (secondary N) is 1. The van der Waals surface area contributed by atoms with Crippen LogP contribution in [0.4, 0.5) is 5.69 Å². The molecule has 0 aromatic heterocycles. The third-order valence-corrected chi connectivity index (χ3v) is 3.57. The van der Waals surface area contributed by atoms with E-state index in [2.05, 4.69) is 17.1 Å². The average Bonchev–Trinajstić information content (AvgIpc) is 2.37. The Balaban J connectivity index is 1.82. The third kappa shape index (κ3) is 3.49. The summed E-state index contributed by atoms with van der Waals surface area (Å²) in [5.41, 5.74) is 6.79. The summed E-state index contributed by atoms with van der Waals surface area (Å²) in [5.74, 6) is 0.636. The highest BCUT2D eigenvalue weighted by Crippen LogP contribution is 2.25. The Morgan fingerprint density at radius 1 is 1.45 bits per heavy atom. The van der Waals surface area contributed by atoms with Crippen molar-refractivity contribution in [2.24, 2.45) is 5.73 Å². The Morgan fingerprint density at radius 2 is 2.15 bits per heavy atom. The standard InChI is InChI=1S/C15H23N3O2/c1-3-8-15(16)10-18(11-15)9-14(19)17-12-6-4-5-7-13(12)20-2/h4-7H,3,8-11,16H2,1-2H3,(H,17,19). The summed E-state index contributed by atoms with van der Waals surface area (Å²) in [5, 5.41) is 2.87. The van der Waals surface area contributed by atoms with E-state index < -0.39 is 0 Å². The fourth-order valence-electron chi connectivity index (χ4n) is 2.75. The molecule has 1 aromatic carbocycles. The molecule has 0 bridgehead atoms. The van der Waals surface area contributed by atoms with Crippen LogP contribution in [0.2, 0.25) is 0 Å². The lowest BCUT2D eigenvalue weighted by atomic mass is 9.86. The van der Waals surface area contributed by atoms with Gasteiger partial charge in [-0.05, 0) is 18.6 Å². The predicted octanol–water partition coefficient (Wildman–Crippen LogP) is 1.45. The van der Waals surface area contributed by atoms with Crippen LogP contribution in [0.5, 0.6) is 5.75 Å². The molecule has 3 N–H and O–H groups in total. The lowest BCUT2D eigenvalue weighted by Gasteiger charge is -2.47. The van der Waals surface area contributed by atoms with Crippen molar-refractivity contribution in [2.75, 3.05) is 32.1 Å². The molecule has 2 rings (SSSR count). The van der Waals surface area contributed by atoms with Gasteiger partial charge >= 0.3 is 0 Å². The molecular formula is C15H23N3O2. The summed E-state index contributed by atoms with van der Waals surface area (Å²) >= 11 is 0. The highest BCUT2D eigenvalue weighted by molar-refractivity contribution is 5.93. The Hall–Kier alpha value is -1.59. The first-order valence-electron chi connectivity index (χ1n) is 7.00. The molecule has 0 unspecified atom stereocenters. The van der Waals surface area contributed by atoms with Crippen molar-refractivity contribution in [3.8, 4) is 5.75 Å². The lowest BCUT2D eigenvalue weighted by molar-refractivity contribution is -0.119. The number of nitrogens with zero attached hydrogens (tertiary/aromatic N) is 1. The van der Waals surface area contributed by atoms with Crippen molar-refractivity contribution in [1.82, 2.24) is 4.90 Å². The molecule has 20 heavy (non-hydrogen) atoms. The third-order valence-electron chi connectivity index (χ3n) is 3.57. The van der Waals surface area contributed by atoms with Gasteiger partial charge in [0.15, 0.2) is 0 Å². The van der Waals surface area contributed by atoms with E-state index in [0.29, 0.717) is 18.0 Å². The van der Waals surface area contributed by atoms with Crippen molar-refractivity contribution >= 4 is 11.6 Å². The maximum absolute atomic E-state index is 12.0. The van der Waals surface area contributed by atoms with Crippen molar-refractivity contribution in [2.45, 2.75) is 25.3 Å². The molecule has 0 atom stereocenters. The number of hydrogen-bond acceptors (Lipinski definition) is 4. The van der Waals surface area contributed by atoms with Gasteiger partial charge in [-0.25, -0.2) is 0 Å². The molecule has 1 aliphatic rings. The second-order valence-electron chi connectivity index (χ2n) is 5.51. The van der Waals surface area contributed by atoms with Crippen molar-refractivity contribution in [1.29, 1.82) is 0 Å². The van der Waals surface area contributed by atoms with Crippen LogP contribution in [-0.2, 0) is 4.79 Å². The number of rotatable bonds is 6. The molecule has 0 saturated carbocycles. The van der Waals surface area contributed by atoms with Crippen molar-refractivity contribution < 1.29 is 9.53 Å². The van der Waals surface area contributed by atoms with E-state index >= 15 is 0 Å². The SMILES string of the molecule is CCCC1(N)CN(CC(=O)Nc2ccccc2OC)C1. The Kier molecular flexibility index (Phi) is 4.62.